The monoisotopic (exact) mass is 552 g/mol. The van der Waals surface area contributed by atoms with Gasteiger partial charge in [0, 0.05) is 23.3 Å². The van der Waals surface area contributed by atoms with E-state index in [1.807, 2.05) is 24.3 Å². The Balaban J connectivity index is 1.49. The van der Waals surface area contributed by atoms with Crippen LogP contribution < -0.4 is 19.6 Å². The first-order chi connectivity index (χ1) is 16.9. The standard InChI is InChI=1S/C22H21ClN4O5S3/c1-13(28)32-20-17(30-2)8-15(9-18(20)31-3)10-24-25-19(29)12-34-22-27-26-21(35-22)33-11-14-4-6-16(23)7-5-14/h4-10H,11-12H2,1-3H3,(H,25,29)/b24-10-. The van der Waals surface area contributed by atoms with E-state index in [1.54, 1.807) is 23.9 Å². The first-order valence-electron chi connectivity index (χ1n) is 9.97. The highest BCUT2D eigenvalue weighted by Crippen LogP contribution is 2.38. The smallest absolute Gasteiger partial charge is 0.308 e. The molecule has 1 aromatic heterocycles. The highest BCUT2D eigenvalue weighted by atomic mass is 35.5. The molecule has 0 saturated heterocycles. The second-order valence-corrected chi connectivity index (χ2v) is 10.5. The summed E-state index contributed by atoms with van der Waals surface area (Å²) in [4.78, 5) is 23.5. The fraction of sp³-hybridized carbons (Fsp3) is 0.227. The Morgan fingerprint density at radius 3 is 2.31 bits per heavy atom. The highest BCUT2D eigenvalue weighted by molar-refractivity contribution is 8.03. The number of rotatable bonds is 11. The molecule has 13 heteroatoms. The van der Waals surface area contributed by atoms with Crippen LogP contribution in [-0.4, -0.2) is 48.3 Å². The second kappa shape index (κ2) is 13.3. The van der Waals surface area contributed by atoms with Crippen LogP contribution in [-0.2, 0) is 15.3 Å². The zero-order valence-corrected chi connectivity index (χ0v) is 22.1. The van der Waals surface area contributed by atoms with Gasteiger partial charge >= 0.3 is 5.97 Å². The minimum absolute atomic E-state index is 0.131. The second-order valence-electron chi connectivity index (χ2n) is 6.68. The Labute approximate surface area is 219 Å². The van der Waals surface area contributed by atoms with E-state index >= 15 is 0 Å². The number of halogens is 1. The van der Waals surface area contributed by atoms with Crippen LogP contribution in [0.25, 0.3) is 0 Å². The molecule has 1 heterocycles. The van der Waals surface area contributed by atoms with Crippen LogP contribution in [0.15, 0.2) is 50.2 Å². The first-order valence-corrected chi connectivity index (χ1v) is 13.1. The maximum Gasteiger partial charge on any atom is 0.308 e. The average Bonchev–Trinajstić information content (AvgIpc) is 3.30. The number of nitrogens with zero attached hydrogens (tertiary/aromatic N) is 3. The number of hydrazone groups is 1. The quantitative estimate of drug-likeness (QED) is 0.119. The number of aromatic nitrogens is 2. The van der Waals surface area contributed by atoms with E-state index in [-0.39, 0.29) is 17.4 Å². The lowest BCUT2D eigenvalue weighted by Crippen LogP contribution is -2.19. The number of amides is 1. The van der Waals surface area contributed by atoms with Crippen molar-refractivity contribution in [1.82, 2.24) is 15.6 Å². The summed E-state index contributed by atoms with van der Waals surface area (Å²) >= 11 is 10.2. The Hall–Kier alpha value is -2.80. The molecular weight excluding hydrogens is 532 g/mol. The van der Waals surface area contributed by atoms with Gasteiger partial charge in [-0.2, -0.15) is 5.10 Å². The van der Waals surface area contributed by atoms with Crippen LogP contribution >= 0.6 is 46.5 Å². The van der Waals surface area contributed by atoms with Gasteiger partial charge in [0.2, 0.25) is 5.75 Å². The Morgan fingerprint density at radius 2 is 1.71 bits per heavy atom. The molecule has 0 bridgehead atoms. The third kappa shape index (κ3) is 8.42. The molecule has 0 radical (unpaired) electrons. The number of benzene rings is 2. The molecule has 0 unspecified atom stereocenters. The summed E-state index contributed by atoms with van der Waals surface area (Å²) in [5, 5.41) is 12.9. The molecule has 0 fully saturated rings. The molecule has 35 heavy (non-hydrogen) atoms. The van der Waals surface area contributed by atoms with E-state index in [2.05, 4.69) is 20.7 Å². The number of methoxy groups -OCH3 is 2. The average molecular weight is 553 g/mol. The summed E-state index contributed by atoms with van der Waals surface area (Å²) in [7, 11) is 2.88. The lowest BCUT2D eigenvalue weighted by molar-refractivity contribution is -0.132. The fourth-order valence-electron chi connectivity index (χ4n) is 2.60. The number of thioether (sulfide) groups is 2. The lowest BCUT2D eigenvalue weighted by Gasteiger charge is -2.13. The van der Waals surface area contributed by atoms with Gasteiger partial charge in [-0.25, -0.2) is 5.43 Å². The maximum atomic E-state index is 12.2. The van der Waals surface area contributed by atoms with Crippen molar-refractivity contribution < 1.29 is 23.8 Å². The zero-order valence-electron chi connectivity index (χ0n) is 18.9. The summed E-state index contributed by atoms with van der Waals surface area (Å²) in [6.45, 7) is 1.28. The molecule has 3 rings (SSSR count). The van der Waals surface area contributed by atoms with Crippen molar-refractivity contribution >= 4 is 64.6 Å². The van der Waals surface area contributed by atoms with Crippen molar-refractivity contribution in [3.8, 4) is 17.2 Å². The molecule has 9 nitrogen and oxygen atoms in total. The maximum absolute atomic E-state index is 12.2. The van der Waals surface area contributed by atoms with Crippen LogP contribution in [0.4, 0.5) is 0 Å². The van der Waals surface area contributed by atoms with Crippen molar-refractivity contribution in [3.63, 3.8) is 0 Å². The molecule has 0 aliphatic carbocycles. The highest BCUT2D eigenvalue weighted by Gasteiger charge is 2.16. The van der Waals surface area contributed by atoms with Crippen molar-refractivity contribution in [1.29, 1.82) is 0 Å². The number of carbonyl (C=O) groups excluding carboxylic acids is 2. The summed E-state index contributed by atoms with van der Waals surface area (Å²) < 4.78 is 17.2. The Kier molecular flexibility index (Phi) is 10.2. The van der Waals surface area contributed by atoms with E-state index in [0.717, 1.165) is 15.7 Å². The first kappa shape index (κ1) is 26.8. The summed E-state index contributed by atoms with van der Waals surface area (Å²) in [6, 6.07) is 10.9. The topological polar surface area (TPSA) is 112 Å². The summed E-state index contributed by atoms with van der Waals surface area (Å²) in [5.41, 5.74) is 4.18. The molecular formula is C22H21ClN4O5S3. The molecule has 1 amide bonds. The number of nitrogens with one attached hydrogen (secondary N) is 1. The van der Waals surface area contributed by atoms with Gasteiger partial charge in [0.25, 0.3) is 5.91 Å². The van der Waals surface area contributed by atoms with Gasteiger partial charge in [-0.05, 0) is 29.8 Å². The molecule has 2 aromatic carbocycles. The largest absolute Gasteiger partial charge is 0.493 e. The van der Waals surface area contributed by atoms with Gasteiger partial charge < -0.3 is 14.2 Å². The Bertz CT molecular complexity index is 1180. The summed E-state index contributed by atoms with van der Waals surface area (Å²) in [6.07, 6.45) is 1.43. The zero-order chi connectivity index (χ0) is 25.2. The molecule has 0 saturated carbocycles. The normalized spacial score (nSPS) is 10.9. The Morgan fingerprint density at radius 1 is 1.09 bits per heavy atom. The molecule has 3 aromatic rings. The van der Waals surface area contributed by atoms with Crippen LogP contribution in [0, 0.1) is 0 Å². The number of esters is 1. The van der Waals surface area contributed by atoms with Gasteiger partial charge in [0.15, 0.2) is 20.2 Å². The molecule has 0 aliphatic rings. The van der Waals surface area contributed by atoms with Crippen molar-refractivity contribution in [2.24, 2.45) is 5.10 Å². The molecule has 0 atom stereocenters. The number of ether oxygens (including phenoxy) is 3. The van der Waals surface area contributed by atoms with Crippen LogP contribution in [0.5, 0.6) is 17.2 Å². The molecule has 184 valence electrons. The third-order valence-corrected chi connectivity index (χ3v) is 7.63. The van der Waals surface area contributed by atoms with Crippen LogP contribution in [0.1, 0.15) is 18.1 Å². The van der Waals surface area contributed by atoms with Gasteiger partial charge in [-0.1, -0.05) is 58.6 Å². The van der Waals surface area contributed by atoms with Gasteiger partial charge in [-0.3, -0.25) is 9.59 Å². The number of carbonyl (C=O) groups is 2. The minimum atomic E-state index is -0.504. The van der Waals surface area contributed by atoms with Crippen LogP contribution in [0.2, 0.25) is 5.02 Å². The van der Waals surface area contributed by atoms with Crippen molar-refractivity contribution in [2.75, 3.05) is 20.0 Å². The van der Waals surface area contributed by atoms with Gasteiger partial charge in [-0.15, -0.1) is 10.2 Å². The molecule has 1 N–H and O–H groups in total. The van der Waals surface area contributed by atoms with Crippen molar-refractivity contribution in [2.45, 2.75) is 21.4 Å². The van der Waals surface area contributed by atoms with E-state index in [9.17, 15) is 9.59 Å². The van der Waals surface area contributed by atoms with Crippen molar-refractivity contribution in [3.05, 3.63) is 52.5 Å². The number of hydrogen-bond acceptors (Lipinski definition) is 11. The SMILES string of the molecule is COc1cc(/C=N\NC(=O)CSc2nnc(SCc3ccc(Cl)cc3)s2)cc(OC)c1OC(C)=O. The number of hydrogen-bond donors (Lipinski definition) is 1. The van der Waals surface area contributed by atoms with Gasteiger partial charge in [0.05, 0.1) is 26.2 Å². The van der Waals surface area contributed by atoms with Crippen LogP contribution in [0.3, 0.4) is 0 Å². The minimum Gasteiger partial charge on any atom is -0.493 e. The predicted molar refractivity (Wildman–Crippen MR) is 138 cm³/mol. The summed E-state index contributed by atoms with van der Waals surface area (Å²) in [5.74, 6) is 0.841. The van der Waals surface area contributed by atoms with E-state index < -0.39 is 5.97 Å². The van der Waals surface area contributed by atoms with E-state index in [1.165, 1.54) is 50.5 Å². The predicted octanol–water partition coefficient (Wildman–Crippen LogP) is 4.67. The fourth-order valence-corrected chi connectivity index (χ4v) is 5.49. The lowest BCUT2D eigenvalue weighted by atomic mass is 10.2. The van der Waals surface area contributed by atoms with E-state index in [4.69, 9.17) is 25.8 Å². The van der Waals surface area contributed by atoms with E-state index in [0.29, 0.717) is 26.4 Å². The molecule has 0 aliphatic heterocycles. The third-order valence-electron chi connectivity index (χ3n) is 4.12. The molecule has 0 spiro atoms. The van der Waals surface area contributed by atoms with Gasteiger partial charge in [0.1, 0.15) is 0 Å².